The van der Waals surface area contributed by atoms with Crippen LogP contribution in [-0.4, -0.2) is 46.8 Å². The molecule has 2 aromatic carbocycles. The maximum absolute atomic E-state index is 15.3. The number of alkyl halides is 4. The largest absolute Gasteiger partial charge is 0.435 e. The maximum Gasteiger partial charge on any atom is 0.435 e. The number of halogens is 7. The van der Waals surface area contributed by atoms with E-state index in [1.54, 1.807) is 11.8 Å². The lowest BCUT2D eigenvalue weighted by atomic mass is 9.84. The Kier molecular flexibility index (Phi) is 6.00. The second-order valence-electron chi connectivity index (χ2n) is 8.77. The van der Waals surface area contributed by atoms with Gasteiger partial charge in [-0.2, -0.15) is 13.2 Å². The summed E-state index contributed by atoms with van der Waals surface area (Å²) in [5, 5.41) is 2.40. The molecular formula is C23H17Cl2F5N2O2S. The molecule has 12 heteroatoms. The van der Waals surface area contributed by atoms with Crippen LogP contribution in [0, 0.1) is 5.82 Å². The minimum Gasteiger partial charge on any atom is -0.374 e. The summed E-state index contributed by atoms with van der Waals surface area (Å²) in [6.07, 6.45) is -4.84. The summed E-state index contributed by atoms with van der Waals surface area (Å²) in [5.74, 6) is -0.170. The van der Waals surface area contributed by atoms with E-state index in [9.17, 15) is 22.4 Å². The molecule has 0 spiro atoms. The molecule has 2 atom stereocenters. The molecule has 1 amide bonds. The third-order valence-electron chi connectivity index (χ3n) is 6.54. The average Bonchev–Trinajstić information content (AvgIpc) is 3.21. The lowest BCUT2D eigenvalue weighted by molar-refractivity contribution is -0.275. The fourth-order valence-electron chi connectivity index (χ4n) is 4.34. The van der Waals surface area contributed by atoms with E-state index in [4.69, 9.17) is 28.0 Å². The Balaban J connectivity index is 1.34. The predicted octanol–water partition coefficient (Wildman–Crippen LogP) is 6.23. The first-order valence-electron chi connectivity index (χ1n) is 10.6. The highest BCUT2D eigenvalue weighted by Crippen LogP contribution is 2.50. The Hall–Kier alpha value is -2.04. The van der Waals surface area contributed by atoms with Crippen molar-refractivity contribution in [3.63, 3.8) is 0 Å². The van der Waals surface area contributed by atoms with Gasteiger partial charge in [-0.1, -0.05) is 52.6 Å². The Morgan fingerprint density at radius 2 is 1.71 bits per heavy atom. The monoisotopic (exact) mass is 550 g/mol. The molecule has 0 radical (unpaired) electrons. The van der Waals surface area contributed by atoms with Gasteiger partial charge in [0.25, 0.3) is 5.60 Å². The minimum atomic E-state index is -4.92. The molecule has 2 saturated heterocycles. The Bertz CT molecular complexity index is 1190. The first kappa shape index (κ1) is 24.6. The SMILES string of the molecule is O=C(C1CCS1)N1CC(F)(c2ccc(C3=NOC(c4cc(Cl)c(F)c(Cl)c4)(C(F)(F)F)C3)cc2)C1. The van der Waals surface area contributed by atoms with Crippen LogP contribution in [0.3, 0.4) is 0 Å². The Morgan fingerprint density at radius 3 is 2.23 bits per heavy atom. The van der Waals surface area contributed by atoms with Gasteiger partial charge < -0.3 is 9.74 Å². The topological polar surface area (TPSA) is 41.9 Å². The van der Waals surface area contributed by atoms with E-state index in [2.05, 4.69) is 5.16 Å². The second kappa shape index (κ2) is 8.52. The van der Waals surface area contributed by atoms with Crippen molar-refractivity contribution in [3.05, 3.63) is 69.0 Å². The highest BCUT2D eigenvalue weighted by molar-refractivity contribution is 8.01. The van der Waals surface area contributed by atoms with Crippen molar-refractivity contribution in [2.24, 2.45) is 5.16 Å². The normalized spacial score (nSPS) is 25.4. The number of oxime groups is 1. The van der Waals surface area contributed by atoms with Gasteiger partial charge in [0.2, 0.25) is 5.91 Å². The summed E-state index contributed by atoms with van der Waals surface area (Å²) >= 11 is 13.0. The molecule has 0 saturated carbocycles. The first-order valence-corrected chi connectivity index (χ1v) is 12.4. The second-order valence-corrected chi connectivity index (χ2v) is 10.9. The number of carbonyl (C=O) groups excluding carboxylic acids is 1. The fraction of sp³-hybridized carbons (Fsp3) is 0.391. The van der Waals surface area contributed by atoms with Crippen molar-refractivity contribution >= 4 is 46.6 Å². The average molecular weight is 551 g/mol. The van der Waals surface area contributed by atoms with Crippen molar-refractivity contribution in [1.29, 1.82) is 0 Å². The summed E-state index contributed by atoms with van der Waals surface area (Å²) in [6.45, 7) is -0.120. The molecule has 2 aromatic rings. The highest BCUT2D eigenvalue weighted by atomic mass is 35.5. The molecule has 5 rings (SSSR count). The van der Waals surface area contributed by atoms with Gasteiger partial charge in [-0.3, -0.25) is 4.79 Å². The molecule has 3 heterocycles. The van der Waals surface area contributed by atoms with Crippen LogP contribution >= 0.6 is 35.0 Å². The number of thioether (sulfide) groups is 1. The summed E-state index contributed by atoms with van der Waals surface area (Å²) in [5.41, 5.74) is -4.49. The zero-order valence-corrected chi connectivity index (χ0v) is 20.2. The minimum absolute atomic E-state index is 0.0224. The number of likely N-dealkylation sites (tertiary alicyclic amines) is 1. The van der Waals surface area contributed by atoms with Crippen LogP contribution in [0.15, 0.2) is 41.6 Å². The lowest BCUT2D eigenvalue weighted by Gasteiger charge is -2.46. The van der Waals surface area contributed by atoms with Crippen LogP contribution in [0.1, 0.15) is 29.5 Å². The van der Waals surface area contributed by atoms with Gasteiger partial charge in [0.05, 0.1) is 34.1 Å². The molecule has 3 aliphatic rings. The van der Waals surface area contributed by atoms with Gasteiger partial charge in [-0.05, 0) is 35.4 Å². The van der Waals surface area contributed by atoms with E-state index >= 15 is 4.39 Å². The standard InChI is InChI=1S/C23H17Cl2F5N2O2S/c24-15-7-14(8-16(25)19(15)26)22(23(28,29)30)9-17(31-34-22)12-1-3-13(4-2-12)21(27)10-32(11-21)20(33)18-5-6-35-18/h1-4,7-8,18H,5-6,9-11H2. The molecule has 0 bridgehead atoms. The fourth-order valence-corrected chi connectivity index (χ4v) is 5.59. The van der Waals surface area contributed by atoms with Crippen LogP contribution in [0.4, 0.5) is 22.0 Å². The van der Waals surface area contributed by atoms with E-state index in [1.165, 1.54) is 29.2 Å². The summed E-state index contributed by atoms with van der Waals surface area (Å²) in [7, 11) is 0. The maximum atomic E-state index is 15.3. The number of hydrogen-bond donors (Lipinski definition) is 0. The van der Waals surface area contributed by atoms with Gasteiger partial charge >= 0.3 is 6.18 Å². The van der Waals surface area contributed by atoms with Crippen LogP contribution in [0.5, 0.6) is 0 Å². The van der Waals surface area contributed by atoms with E-state index in [0.29, 0.717) is 11.1 Å². The van der Waals surface area contributed by atoms with E-state index in [1.807, 2.05) is 0 Å². The van der Waals surface area contributed by atoms with Crippen LogP contribution in [0.25, 0.3) is 0 Å². The molecule has 0 N–H and O–H groups in total. The quantitative estimate of drug-likeness (QED) is 0.335. The zero-order valence-electron chi connectivity index (χ0n) is 17.8. The number of rotatable bonds is 4. The van der Waals surface area contributed by atoms with Crippen LogP contribution < -0.4 is 0 Å². The lowest BCUT2D eigenvalue weighted by Crippen LogP contribution is -2.61. The first-order chi connectivity index (χ1) is 16.4. The Labute approximate surface area is 211 Å². The predicted molar refractivity (Wildman–Crippen MR) is 123 cm³/mol. The van der Waals surface area contributed by atoms with Gasteiger partial charge in [-0.25, -0.2) is 8.78 Å². The van der Waals surface area contributed by atoms with Crippen molar-refractivity contribution in [1.82, 2.24) is 4.90 Å². The summed E-state index contributed by atoms with van der Waals surface area (Å²) in [4.78, 5) is 18.7. The van der Waals surface area contributed by atoms with E-state index < -0.39 is 45.3 Å². The zero-order chi connectivity index (χ0) is 25.2. The summed E-state index contributed by atoms with van der Waals surface area (Å²) < 4.78 is 71.5. The van der Waals surface area contributed by atoms with Gasteiger partial charge in [0.1, 0.15) is 0 Å². The van der Waals surface area contributed by atoms with Gasteiger partial charge in [0.15, 0.2) is 11.5 Å². The van der Waals surface area contributed by atoms with Crippen molar-refractivity contribution in [3.8, 4) is 0 Å². The third kappa shape index (κ3) is 4.07. The van der Waals surface area contributed by atoms with Gasteiger partial charge in [0, 0.05) is 12.0 Å². The molecule has 2 fully saturated rings. The molecular weight excluding hydrogens is 534 g/mol. The van der Waals surface area contributed by atoms with Crippen LogP contribution in [-0.2, 0) is 20.9 Å². The van der Waals surface area contributed by atoms with Gasteiger partial charge in [-0.15, -0.1) is 11.8 Å². The van der Waals surface area contributed by atoms with E-state index in [-0.39, 0.29) is 30.0 Å². The molecule has 4 nitrogen and oxygen atoms in total. The molecule has 2 unspecified atom stereocenters. The number of benzene rings is 2. The number of amides is 1. The van der Waals surface area contributed by atoms with Crippen molar-refractivity contribution < 1.29 is 31.6 Å². The number of nitrogens with zero attached hydrogens (tertiary/aromatic N) is 2. The number of carbonyl (C=O) groups is 1. The molecule has 0 aliphatic carbocycles. The molecule has 35 heavy (non-hydrogen) atoms. The Morgan fingerprint density at radius 1 is 1.11 bits per heavy atom. The number of hydrogen-bond acceptors (Lipinski definition) is 4. The smallest absolute Gasteiger partial charge is 0.374 e. The van der Waals surface area contributed by atoms with Crippen molar-refractivity contribution in [2.45, 2.75) is 35.5 Å². The third-order valence-corrected chi connectivity index (χ3v) is 8.40. The summed E-state index contributed by atoms with van der Waals surface area (Å²) in [6, 6.07) is 7.49. The molecule has 186 valence electrons. The van der Waals surface area contributed by atoms with Crippen LogP contribution in [0.2, 0.25) is 10.0 Å². The highest BCUT2D eigenvalue weighted by Gasteiger charge is 2.62. The van der Waals surface area contributed by atoms with E-state index in [0.717, 1.165) is 24.3 Å². The van der Waals surface area contributed by atoms with Crippen molar-refractivity contribution in [2.75, 3.05) is 18.8 Å². The molecule has 0 aromatic heterocycles. The molecule has 3 aliphatic heterocycles.